The predicted molar refractivity (Wildman–Crippen MR) is 81.5 cm³/mol. The molecule has 21 heavy (non-hydrogen) atoms. The standard InChI is InChI=1S/C16H26N2O3/c1-18(13-6-3-2-4-7-13)10-5-9-17-12-15-14(16(19)20)8-11-21-15/h8,11,13,17H,2-7,9-10,12H2,1H3,(H,19,20). The van der Waals surface area contributed by atoms with Crippen LogP contribution < -0.4 is 5.32 Å². The van der Waals surface area contributed by atoms with Gasteiger partial charge in [0.25, 0.3) is 0 Å². The van der Waals surface area contributed by atoms with Crippen LogP contribution in [0.15, 0.2) is 16.7 Å². The van der Waals surface area contributed by atoms with Gasteiger partial charge in [-0.25, -0.2) is 4.79 Å². The number of nitrogens with one attached hydrogen (secondary N) is 1. The van der Waals surface area contributed by atoms with Gasteiger partial charge in [-0.2, -0.15) is 0 Å². The maximum atomic E-state index is 10.9. The maximum Gasteiger partial charge on any atom is 0.339 e. The highest BCUT2D eigenvalue weighted by Gasteiger charge is 2.17. The van der Waals surface area contributed by atoms with Gasteiger partial charge in [0, 0.05) is 6.04 Å². The summed E-state index contributed by atoms with van der Waals surface area (Å²) < 4.78 is 5.20. The molecule has 1 heterocycles. The van der Waals surface area contributed by atoms with E-state index in [9.17, 15) is 4.79 Å². The number of carbonyl (C=O) groups is 1. The van der Waals surface area contributed by atoms with E-state index in [-0.39, 0.29) is 5.56 Å². The number of carboxylic acid groups (broad SMARTS) is 1. The highest BCUT2D eigenvalue weighted by molar-refractivity contribution is 5.88. The minimum absolute atomic E-state index is 0.252. The van der Waals surface area contributed by atoms with Crippen LogP contribution in [0.2, 0.25) is 0 Å². The summed E-state index contributed by atoms with van der Waals surface area (Å²) in [6.45, 7) is 2.43. The lowest BCUT2D eigenvalue weighted by Gasteiger charge is -2.31. The Morgan fingerprint density at radius 1 is 1.43 bits per heavy atom. The molecule has 5 nitrogen and oxygen atoms in total. The molecule has 0 radical (unpaired) electrons. The van der Waals surface area contributed by atoms with Crippen molar-refractivity contribution in [3.05, 3.63) is 23.7 Å². The van der Waals surface area contributed by atoms with Gasteiger partial charge < -0.3 is 19.7 Å². The summed E-state index contributed by atoms with van der Waals surface area (Å²) in [4.78, 5) is 13.4. The van der Waals surface area contributed by atoms with Crippen LogP contribution in [0.4, 0.5) is 0 Å². The Kier molecular flexibility index (Phi) is 6.26. The number of aromatic carboxylic acids is 1. The van der Waals surface area contributed by atoms with Crippen LogP contribution in [0.1, 0.15) is 54.6 Å². The summed E-state index contributed by atoms with van der Waals surface area (Å²) in [5, 5.41) is 12.2. The van der Waals surface area contributed by atoms with Crippen molar-refractivity contribution in [2.45, 2.75) is 51.1 Å². The summed E-state index contributed by atoms with van der Waals surface area (Å²) >= 11 is 0. The fraction of sp³-hybridized carbons (Fsp3) is 0.688. The third-order valence-corrected chi connectivity index (χ3v) is 4.32. The Morgan fingerprint density at radius 2 is 2.19 bits per heavy atom. The number of rotatable bonds is 8. The molecule has 0 bridgehead atoms. The van der Waals surface area contributed by atoms with E-state index in [0.29, 0.717) is 12.3 Å². The molecule has 0 unspecified atom stereocenters. The first-order valence-corrected chi connectivity index (χ1v) is 7.89. The summed E-state index contributed by atoms with van der Waals surface area (Å²) in [6, 6.07) is 2.25. The third kappa shape index (κ3) is 4.86. The molecule has 5 heteroatoms. The predicted octanol–water partition coefficient (Wildman–Crippen LogP) is 2.72. The Bertz CT molecular complexity index is 438. The van der Waals surface area contributed by atoms with E-state index in [0.717, 1.165) is 25.6 Å². The Hall–Kier alpha value is -1.33. The van der Waals surface area contributed by atoms with E-state index in [1.165, 1.54) is 44.4 Å². The number of hydrogen-bond donors (Lipinski definition) is 2. The molecule has 1 aliphatic carbocycles. The zero-order chi connectivity index (χ0) is 15.1. The topological polar surface area (TPSA) is 65.7 Å². The van der Waals surface area contributed by atoms with E-state index in [1.54, 1.807) is 0 Å². The van der Waals surface area contributed by atoms with Crippen molar-refractivity contribution in [2.24, 2.45) is 0 Å². The van der Waals surface area contributed by atoms with Crippen LogP contribution in [-0.2, 0) is 6.54 Å². The fourth-order valence-electron chi connectivity index (χ4n) is 3.03. The van der Waals surface area contributed by atoms with Crippen LogP contribution in [-0.4, -0.2) is 42.2 Å². The van der Waals surface area contributed by atoms with E-state index in [1.807, 2.05) is 0 Å². The van der Waals surface area contributed by atoms with Crippen molar-refractivity contribution >= 4 is 5.97 Å². The second kappa shape index (κ2) is 8.20. The van der Waals surface area contributed by atoms with Gasteiger partial charge in [0.05, 0.1) is 12.8 Å². The summed E-state index contributed by atoms with van der Waals surface area (Å²) in [6.07, 6.45) is 9.28. The summed E-state index contributed by atoms with van der Waals surface area (Å²) in [5.74, 6) is -0.430. The lowest BCUT2D eigenvalue weighted by molar-refractivity contribution is 0.0694. The van der Waals surface area contributed by atoms with Gasteiger partial charge in [0.1, 0.15) is 11.3 Å². The Labute approximate surface area is 126 Å². The maximum absolute atomic E-state index is 10.9. The Morgan fingerprint density at radius 3 is 2.90 bits per heavy atom. The second-order valence-electron chi connectivity index (χ2n) is 5.87. The van der Waals surface area contributed by atoms with Crippen molar-refractivity contribution in [1.29, 1.82) is 0 Å². The molecule has 2 rings (SSSR count). The number of hydrogen-bond acceptors (Lipinski definition) is 4. The zero-order valence-electron chi connectivity index (χ0n) is 12.8. The lowest BCUT2D eigenvalue weighted by atomic mass is 9.94. The number of nitrogens with zero attached hydrogens (tertiary/aromatic N) is 1. The number of furan rings is 1. The fourth-order valence-corrected chi connectivity index (χ4v) is 3.03. The summed E-state index contributed by atoms with van der Waals surface area (Å²) in [5.41, 5.74) is 0.252. The molecule has 118 valence electrons. The molecule has 1 fully saturated rings. The molecule has 1 saturated carbocycles. The average Bonchev–Trinajstić information content (AvgIpc) is 2.96. The first-order chi connectivity index (χ1) is 10.2. The summed E-state index contributed by atoms with van der Waals surface area (Å²) in [7, 11) is 2.21. The van der Waals surface area contributed by atoms with E-state index in [2.05, 4.69) is 17.3 Å². The van der Waals surface area contributed by atoms with Gasteiger partial charge in [-0.05, 0) is 45.5 Å². The van der Waals surface area contributed by atoms with Crippen molar-refractivity contribution in [1.82, 2.24) is 10.2 Å². The van der Waals surface area contributed by atoms with Gasteiger partial charge in [-0.1, -0.05) is 19.3 Å². The quantitative estimate of drug-likeness (QED) is 0.722. The molecular weight excluding hydrogens is 268 g/mol. The molecule has 1 aromatic rings. The van der Waals surface area contributed by atoms with Gasteiger partial charge in [0.2, 0.25) is 0 Å². The van der Waals surface area contributed by atoms with Crippen molar-refractivity contribution in [2.75, 3.05) is 20.1 Å². The SMILES string of the molecule is CN(CCCNCc1occc1C(=O)O)C1CCCCC1. The molecule has 0 aromatic carbocycles. The average molecular weight is 294 g/mol. The van der Waals surface area contributed by atoms with E-state index >= 15 is 0 Å². The van der Waals surface area contributed by atoms with E-state index in [4.69, 9.17) is 9.52 Å². The monoisotopic (exact) mass is 294 g/mol. The highest BCUT2D eigenvalue weighted by Crippen LogP contribution is 2.21. The Balaban J connectivity index is 1.61. The lowest BCUT2D eigenvalue weighted by Crippen LogP contribution is -2.35. The van der Waals surface area contributed by atoms with Crippen LogP contribution in [0.3, 0.4) is 0 Å². The molecule has 0 spiro atoms. The molecule has 1 aliphatic rings. The zero-order valence-corrected chi connectivity index (χ0v) is 12.8. The molecule has 2 N–H and O–H groups in total. The van der Waals surface area contributed by atoms with Gasteiger partial charge in [0.15, 0.2) is 0 Å². The van der Waals surface area contributed by atoms with Gasteiger partial charge in [-0.3, -0.25) is 0 Å². The first-order valence-electron chi connectivity index (χ1n) is 7.89. The second-order valence-corrected chi connectivity index (χ2v) is 5.87. The molecule has 0 aliphatic heterocycles. The molecule has 1 aromatic heterocycles. The third-order valence-electron chi connectivity index (χ3n) is 4.32. The van der Waals surface area contributed by atoms with Crippen LogP contribution in [0.25, 0.3) is 0 Å². The highest BCUT2D eigenvalue weighted by atomic mass is 16.4. The molecule has 0 saturated heterocycles. The van der Waals surface area contributed by atoms with Crippen molar-refractivity contribution in [3.63, 3.8) is 0 Å². The van der Waals surface area contributed by atoms with E-state index < -0.39 is 5.97 Å². The normalized spacial score (nSPS) is 16.5. The smallest absolute Gasteiger partial charge is 0.339 e. The molecule has 0 amide bonds. The largest absolute Gasteiger partial charge is 0.478 e. The molecule has 0 atom stereocenters. The van der Waals surface area contributed by atoms with Crippen LogP contribution in [0.5, 0.6) is 0 Å². The first kappa shape index (κ1) is 16.0. The van der Waals surface area contributed by atoms with Crippen LogP contribution in [0, 0.1) is 0 Å². The van der Waals surface area contributed by atoms with Gasteiger partial charge >= 0.3 is 5.97 Å². The van der Waals surface area contributed by atoms with Crippen molar-refractivity contribution in [3.8, 4) is 0 Å². The van der Waals surface area contributed by atoms with Gasteiger partial charge in [-0.15, -0.1) is 0 Å². The van der Waals surface area contributed by atoms with Crippen LogP contribution >= 0.6 is 0 Å². The van der Waals surface area contributed by atoms with Crippen molar-refractivity contribution < 1.29 is 14.3 Å². The molecular formula is C16H26N2O3. The minimum Gasteiger partial charge on any atom is -0.478 e. The number of carboxylic acids is 1. The minimum atomic E-state index is -0.933.